The molecule has 0 saturated heterocycles. The summed E-state index contributed by atoms with van der Waals surface area (Å²) in [5, 5.41) is 16.6. The number of hydrogen-bond donors (Lipinski definition) is 3. The van der Waals surface area contributed by atoms with Crippen LogP contribution in [0.15, 0.2) is 12.2 Å². The Balaban J connectivity index is 3.33. The molecule has 0 fully saturated rings. The zero-order chi connectivity index (χ0) is 8.69. The van der Waals surface area contributed by atoms with Gasteiger partial charge in [0, 0.05) is 12.1 Å². The van der Waals surface area contributed by atoms with Gasteiger partial charge >= 0.3 is 5.97 Å². The Morgan fingerprint density at radius 3 is 2.73 bits per heavy atom. The monoisotopic (exact) mass is 159 g/mol. The summed E-state index contributed by atoms with van der Waals surface area (Å²) in [7, 11) is 0. The molecule has 0 aliphatic rings. The van der Waals surface area contributed by atoms with E-state index in [-0.39, 0.29) is 12.6 Å². The first-order chi connectivity index (χ1) is 5.16. The number of aliphatic hydroxyl groups is 1. The van der Waals surface area contributed by atoms with Crippen LogP contribution in [0.3, 0.4) is 0 Å². The van der Waals surface area contributed by atoms with Gasteiger partial charge in [-0.2, -0.15) is 0 Å². The molecule has 1 atom stereocenters. The zero-order valence-electron chi connectivity index (χ0n) is 6.23. The van der Waals surface area contributed by atoms with Gasteiger partial charge in [-0.25, -0.2) is 4.79 Å². The van der Waals surface area contributed by atoms with Gasteiger partial charge in [0.1, 0.15) is 0 Å². The van der Waals surface area contributed by atoms with Gasteiger partial charge in [-0.3, -0.25) is 0 Å². The van der Waals surface area contributed by atoms with Crippen molar-refractivity contribution in [3.05, 3.63) is 12.2 Å². The molecule has 4 heteroatoms. The molecule has 0 spiro atoms. The predicted octanol–water partition coefficient (Wildman–Crippen LogP) is -0.273. The Morgan fingerprint density at radius 2 is 2.27 bits per heavy atom. The van der Waals surface area contributed by atoms with Crippen molar-refractivity contribution in [2.75, 3.05) is 6.61 Å². The number of carboxylic acid groups (broad SMARTS) is 1. The summed E-state index contributed by atoms with van der Waals surface area (Å²) in [4.78, 5) is 9.95. The average molecular weight is 159 g/mol. The van der Waals surface area contributed by atoms with Crippen LogP contribution >= 0.6 is 0 Å². The third kappa shape index (κ3) is 7.02. The number of carbonyl (C=O) groups is 1. The molecular weight excluding hydrogens is 146 g/mol. The second-order valence-electron chi connectivity index (χ2n) is 2.26. The van der Waals surface area contributed by atoms with E-state index in [9.17, 15) is 4.79 Å². The number of allylic oxidation sites excluding steroid dienone is 1. The van der Waals surface area contributed by atoms with E-state index in [2.05, 4.69) is 0 Å². The molecule has 0 saturated carbocycles. The summed E-state index contributed by atoms with van der Waals surface area (Å²) in [6, 6.07) is -0.242. The Morgan fingerprint density at radius 1 is 1.64 bits per heavy atom. The molecule has 4 nitrogen and oxygen atoms in total. The summed E-state index contributed by atoms with van der Waals surface area (Å²) >= 11 is 0. The minimum absolute atomic E-state index is 0.0547. The van der Waals surface area contributed by atoms with Gasteiger partial charge in [-0.1, -0.05) is 6.08 Å². The van der Waals surface area contributed by atoms with Gasteiger partial charge in [-0.15, -0.1) is 0 Å². The molecule has 0 amide bonds. The van der Waals surface area contributed by atoms with Gasteiger partial charge in [0.15, 0.2) is 0 Å². The number of aliphatic hydroxyl groups excluding tert-OH is 1. The number of nitrogens with two attached hydrogens (primary N) is 1. The van der Waals surface area contributed by atoms with E-state index in [4.69, 9.17) is 15.9 Å². The Kier molecular flexibility index (Phi) is 5.42. The summed E-state index contributed by atoms with van der Waals surface area (Å²) in [6.45, 7) is -0.0547. The van der Waals surface area contributed by atoms with Crippen molar-refractivity contribution in [3.63, 3.8) is 0 Å². The molecule has 0 radical (unpaired) electrons. The highest BCUT2D eigenvalue weighted by molar-refractivity contribution is 5.79. The summed E-state index contributed by atoms with van der Waals surface area (Å²) < 4.78 is 0. The van der Waals surface area contributed by atoms with E-state index in [1.54, 1.807) is 0 Å². The Bertz CT molecular complexity index is 145. The van der Waals surface area contributed by atoms with E-state index in [0.29, 0.717) is 12.8 Å². The maximum absolute atomic E-state index is 9.95. The van der Waals surface area contributed by atoms with Crippen molar-refractivity contribution in [1.29, 1.82) is 0 Å². The fraction of sp³-hybridized carbons (Fsp3) is 0.571. The minimum Gasteiger partial charge on any atom is -0.478 e. The molecule has 0 aliphatic heterocycles. The lowest BCUT2D eigenvalue weighted by atomic mass is 10.2. The van der Waals surface area contributed by atoms with Crippen LogP contribution in [0.4, 0.5) is 0 Å². The SMILES string of the molecule is N[C@@H](CO)CCC=CC(=O)O. The standard InChI is InChI=1S/C7H13NO3/c8-6(5-9)3-1-2-4-7(10)11/h2,4,6,9H,1,3,5,8H2,(H,10,11)/t6-/m1/s1. The van der Waals surface area contributed by atoms with Crippen molar-refractivity contribution in [2.24, 2.45) is 5.73 Å². The van der Waals surface area contributed by atoms with Crippen molar-refractivity contribution >= 4 is 5.97 Å². The van der Waals surface area contributed by atoms with Crippen LogP contribution in [-0.4, -0.2) is 28.8 Å². The van der Waals surface area contributed by atoms with E-state index in [0.717, 1.165) is 6.08 Å². The molecule has 0 aromatic heterocycles. The first-order valence-corrected chi connectivity index (χ1v) is 3.42. The van der Waals surface area contributed by atoms with Crippen LogP contribution in [0.1, 0.15) is 12.8 Å². The van der Waals surface area contributed by atoms with Crippen LogP contribution < -0.4 is 5.73 Å². The highest BCUT2D eigenvalue weighted by Gasteiger charge is 1.96. The predicted molar refractivity (Wildman–Crippen MR) is 41.1 cm³/mol. The summed E-state index contributed by atoms with van der Waals surface area (Å²) in [5.41, 5.74) is 5.36. The molecular formula is C7H13NO3. The largest absolute Gasteiger partial charge is 0.478 e. The molecule has 4 N–H and O–H groups in total. The second kappa shape index (κ2) is 5.88. The van der Waals surface area contributed by atoms with Gasteiger partial charge in [0.25, 0.3) is 0 Å². The van der Waals surface area contributed by atoms with Gasteiger partial charge in [0.05, 0.1) is 6.61 Å². The van der Waals surface area contributed by atoms with Crippen molar-refractivity contribution in [1.82, 2.24) is 0 Å². The molecule has 0 rings (SSSR count). The van der Waals surface area contributed by atoms with Crippen molar-refractivity contribution in [2.45, 2.75) is 18.9 Å². The van der Waals surface area contributed by atoms with E-state index in [1.807, 2.05) is 0 Å². The molecule has 0 aromatic carbocycles. The Hall–Kier alpha value is -0.870. The molecule has 64 valence electrons. The number of rotatable bonds is 5. The third-order valence-electron chi connectivity index (χ3n) is 1.20. The van der Waals surface area contributed by atoms with Crippen molar-refractivity contribution < 1.29 is 15.0 Å². The van der Waals surface area contributed by atoms with Crippen LogP contribution in [0.25, 0.3) is 0 Å². The van der Waals surface area contributed by atoms with Gasteiger partial charge < -0.3 is 15.9 Å². The Labute approximate surface area is 65.3 Å². The van der Waals surface area contributed by atoms with Gasteiger partial charge in [-0.05, 0) is 12.8 Å². The maximum atomic E-state index is 9.95. The number of carboxylic acids is 1. The van der Waals surface area contributed by atoms with Crippen LogP contribution in [0.2, 0.25) is 0 Å². The molecule has 0 heterocycles. The van der Waals surface area contributed by atoms with Crippen LogP contribution in [0.5, 0.6) is 0 Å². The molecule has 0 bridgehead atoms. The fourth-order valence-electron chi connectivity index (χ4n) is 0.586. The van der Waals surface area contributed by atoms with Crippen molar-refractivity contribution in [3.8, 4) is 0 Å². The smallest absolute Gasteiger partial charge is 0.327 e. The number of hydrogen-bond acceptors (Lipinski definition) is 3. The lowest BCUT2D eigenvalue weighted by molar-refractivity contribution is -0.131. The molecule has 11 heavy (non-hydrogen) atoms. The second-order valence-corrected chi connectivity index (χ2v) is 2.26. The van der Waals surface area contributed by atoms with Crippen LogP contribution in [0, 0.1) is 0 Å². The summed E-state index contributed by atoms with van der Waals surface area (Å²) in [6.07, 6.45) is 3.80. The van der Waals surface area contributed by atoms with E-state index < -0.39 is 5.97 Å². The molecule has 0 unspecified atom stereocenters. The lowest BCUT2D eigenvalue weighted by Gasteiger charge is -2.03. The highest BCUT2D eigenvalue weighted by Crippen LogP contribution is 1.94. The summed E-state index contributed by atoms with van der Waals surface area (Å²) in [5.74, 6) is -0.956. The lowest BCUT2D eigenvalue weighted by Crippen LogP contribution is -2.23. The van der Waals surface area contributed by atoms with Crippen LogP contribution in [-0.2, 0) is 4.79 Å². The van der Waals surface area contributed by atoms with E-state index >= 15 is 0 Å². The maximum Gasteiger partial charge on any atom is 0.327 e. The topological polar surface area (TPSA) is 83.5 Å². The van der Waals surface area contributed by atoms with Gasteiger partial charge in [0.2, 0.25) is 0 Å². The highest BCUT2D eigenvalue weighted by atomic mass is 16.4. The third-order valence-corrected chi connectivity index (χ3v) is 1.20. The average Bonchev–Trinajstić information content (AvgIpc) is 1.97. The quantitative estimate of drug-likeness (QED) is 0.482. The molecule has 0 aromatic rings. The minimum atomic E-state index is -0.956. The normalized spacial score (nSPS) is 13.6. The first kappa shape index (κ1) is 10.1. The number of aliphatic carboxylic acids is 1. The fourth-order valence-corrected chi connectivity index (χ4v) is 0.586. The first-order valence-electron chi connectivity index (χ1n) is 3.42. The zero-order valence-corrected chi connectivity index (χ0v) is 6.23. The van der Waals surface area contributed by atoms with E-state index in [1.165, 1.54) is 6.08 Å². The molecule has 0 aliphatic carbocycles.